The summed E-state index contributed by atoms with van der Waals surface area (Å²) >= 11 is 0. The molecule has 1 fully saturated rings. The smallest absolute Gasteiger partial charge is 0.188 e. The van der Waals surface area contributed by atoms with Crippen molar-refractivity contribution in [3.63, 3.8) is 0 Å². The zero-order valence-corrected chi connectivity index (χ0v) is 18.4. The van der Waals surface area contributed by atoms with Crippen molar-refractivity contribution in [1.29, 1.82) is 0 Å². The Labute approximate surface area is 199 Å². The SMILES string of the molecule is COCOc1cccc(C2CO2)c1.Cl.[2H]C([2H])([2H])N.[2H]C([2H])([2H])NCC(O)c1cccc(OCOC)c1. The van der Waals surface area contributed by atoms with Gasteiger partial charge in [0.05, 0.1) is 12.7 Å². The quantitative estimate of drug-likeness (QED) is 0.364. The van der Waals surface area contributed by atoms with Crippen molar-refractivity contribution in [3.8, 4) is 11.5 Å². The standard InChI is InChI=1S/C11H17NO3.C10H12O3.CH5N.ClH/c1-12-7-11(13)9-4-3-5-10(6-9)15-8-14-2;1-11-7-13-9-4-2-3-8(5-9)10-6-12-10;1-2;/h3-6,11-13H,7-8H2,1-2H3;2-5,10H,6-7H2,1H3;2H2,1H3;1H/i1D3;;1D3;. The van der Waals surface area contributed by atoms with Crippen LogP contribution in [0.4, 0.5) is 0 Å². The normalized spacial score (nSPS) is 18.3. The van der Waals surface area contributed by atoms with Gasteiger partial charge in [-0.1, -0.05) is 24.3 Å². The molecule has 3 rings (SSSR count). The first kappa shape index (κ1) is 19.8. The van der Waals surface area contributed by atoms with Crippen molar-refractivity contribution >= 4 is 12.4 Å². The Balaban J connectivity index is 0.000000596. The molecule has 0 aliphatic carbocycles. The summed E-state index contributed by atoms with van der Waals surface area (Å²) in [5.41, 5.74) is 6.11. The number of hydrogen-bond donors (Lipinski definition) is 3. The van der Waals surface area contributed by atoms with Gasteiger partial charge in [-0.3, -0.25) is 0 Å². The Bertz CT molecular complexity index is 881. The van der Waals surface area contributed by atoms with Gasteiger partial charge in [-0.15, -0.1) is 12.4 Å². The summed E-state index contributed by atoms with van der Waals surface area (Å²) in [7, 11) is 3.12. The Hall–Kier alpha value is -1.91. The molecule has 1 aliphatic heterocycles. The van der Waals surface area contributed by atoms with Gasteiger partial charge in [0, 0.05) is 29.0 Å². The fourth-order valence-corrected chi connectivity index (χ4v) is 2.33. The van der Waals surface area contributed by atoms with Gasteiger partial charge in [-0.25, -0.2) is 0 Å². The fraction of sp³-hybridized carbons (Fsp3) is 0.455. The molecule has 9 heteroatoms. The number of methoxy groups -OCH3 is 2. The third-order valence-corrected chi connectivity index (χ3v) is 3.79. The molecule has 0 bridgehead atoms. The summed E-state index contributed by atoms with van der Waals surface area (Å²) in [5, 5.41) is 12.1. The van der Waals surface area contributed by atoms with Crippen molar-refractivity contribution in [1.82, 2.24) is 5.32 Å². The highest BCUT2D eigenvalue weighted by atomic mass is 35.5. The topological polar surface area (TPSA) is 108 Å². The van der Waals surface area contributed by atoms with Gasteiger partial charge in [-0.05, 0) is 49.3 Å². The summed E-state index contributed by atoms with van der Waals surface area (Å²) in [6, 6.07) is 14.7. The second-order valence-corrected chi connectivity index (χ2v) is 5.97. The number of rotatable bonds is 10. The largest absolute Gasteiger partial charge is 0.468 e. The molecule has 1 heterocycles. The molecular weight excluding hydrogens is 424 g/mol. The Morgan fingerprint density at radius 2 is 1.71 bits per heavy atom. The first-order valence-corrected chi connectivity index (χ1v) is 9.09. The number of aliphatic hydroxyl groups excluding tert-OH is 1. The van der Waals surface area contributed by atoms with Crippen LogP contribution in [0.15, 0.2) is 48.5 Å². The monoisotopic (exact) mass is 464 g/mol. The van der Waals surface area contributed by atoms with Gasteiger partial charge in [0.2, 0.25) is 0 Å². The van der Waals surface area contributed by atoms with E-state index in [1.165, 1.54) is 12.7 Å². The molecule has 0 radical (unpaired) electrons. The van der Waals surface area contributed by atoms with Crippen LogP contribution >= 0.6 is 12.4 Å². The average Bonchev–Trinajstić information content (AvgIpc) is 3.65. The third kappa shape index (κ3) is 11.9. The maximum Gasteiger partial charge on any atom is 0.188 e. The van der Waals surface area contributed by atoms with Crippen LogP contribution < -0.4 is 20.5 Å². The molecule has 0 spiro atoms. The minimum Gasteiger partial charge on any atom is -0.468 e. The van der Waals surface area contributed by atoms with Crippen molar-refractivity contribution < 1.29 is 37.0 Å². The van der Waals surface area contributed by atoms with Gasteiger partial charge in [0.1, 0.15) is 17.6 Å². The van der Waals surface area contributed by atoms with Crippen LogP contribution in [0.5, 0.6) is 11.5 Å². The minimum absolute atomic E-state index is 0. The number of nitrogens with one attached hydrogen (secondary N) is 1. The lowest BCUT2D eigenvalue weighted by atomic mass is 10.1. The highest BCUT2D eigenvalue weighted by molar-refractivity contribution is 5.85. The first-order chi connectivity index (χ1) is 16.8. The summed E-state index contributed by atoms with van der Waals surface area (Å²) in [4.78, 5) is 0. The van der Waals surface area contributed by atoms with Crippen LogP contribution in [0.3, 0.4) is 0 Å². The predicted molar refractivity (Wildman–Crippen MR) is 123 cm³/mol. The van der Waals surface area contributed by atoms with E-state index in [2.05, 4.69) is 11.1 Å². The zero-order chi connectivity index (χ0) is 27.2. The van der Waals surface area contributed by atoms with Gasteiger partial charge in [0.25, 0.3) is 0 Å². The maximum absolute atomic E-state index is 9.83. The lowest BCUT2D eigenvalue weighted by Gasteiger charge is -2.12. The predicted octanol–water partition coefficient (Wildman–Crippen LogP) is 2.66. The van der Waals surface area contributed by atoms with Crippen LogP contribution in [0, 0.1) is 0 Å². The van der Waals surface area contributed by atoms with E-state index in [-0.39, 0.29) is 38.6 Å². The van der Waals surface area contributed by atoms with E-state index in [9.17, 15) is 5.11 Å². The molecule has 4 N–H and O–H groups in total. The number of nitrogens with two attached hydrogens (primary N) is 1. The second kappa shape index (κ2) is 17.7. The average molecular weight is 465 g/mol. The van der Waals surface area contributed by atoms with Crippen LogP contribution in [0.2, 0.25) is 0 Å². The first-order valence-electron chi connectivity index (χ1n) is 12.1. The number of benzene rings is 2. The Morgan fingerprint density at radius 1 is 1.13 bits per heavy atom. The van der Waals surface area contributed by atoms with Gasteiger partial charge >= 0.3 is 0 Å². The van der Waals surface area contributed by atoms with Gasteiger partial charge in [-0.2, -0.15) is 0 Å². The zero-order valence-electron chi connectivity index (χ0n) is 23.6. The van der Waals surface area contributed by atoms with Crippen molar-refractivity contribution in [2.24, 2.45) is 5.73 Å². The van der Waals surface area contributed by atoms with Crippen molar-refractivity contribution in [2.45, 2.75) is 12.2 Å². The number of aliphatic hydroxyl groups is 1. The van der Waals surface area contributed by atoms with E-state index >= 15 is 0 Å². The van der Waals surface area contributed by atoms with Crippen LogP contribution in [-0.2, 0) is 14.2 Å². The molecule has 1 aliphatic rings. The Kier molecular flexibility index (Phi) is 11.3. The molecule has 2 aromatic carbocycles. The number of halogens is 1. The molecule has 176 valence electrons. The van der Waals surface area contributed by atoms with Crippen LogP contribution in [0.25, 0.3) is 0 Å². The molecule has 8 nitrogen and oxygen atoms in total. The molecule has 0 amide bonds. The molecule has 1 saturated heterocycles. The summed E-state index contributed by atoms with van der Waals surface area (Å²) in [6.45, 7) is -3.33. The van der Waals surface area contributed by atoms with Gasteiger partial charge in [0.15, 0.2) is 13.6 Å². The van der Waals surface area contributed by atoms with Crippen molar-refractivity contribution in [2.75, 3.05) is 54.9 Å². The number of hydrogen-bond acceptors (Lipinski definition) is 8. The number of ether oxygens (including phenoxy) is 5. The van der Waals surface area contributed by atoms with E-state index in [0.29, 0.717) is 11.3 Å². The van der Waals surface area contributed by atoms with E-state index < -0.39 is 20.1 Å². The molecule has 31 heavy (non-hydrogen) atoms. The fourth-order valence-electron chi connectivity index (χ4n) is 2.33. The van der Waals surface area contributed by atoms with Crippen molar-refractivity contribution in [3.05, 3.63) is 59.7 Å². The number of epoxide rings is 1. The highest BCUT2D eigenvalue weighted by Crippen LogP contribution is 2.31. The van der Waals surface area contributed by atoms with E-state index in [0.717, 1.165) is 12.4 Å². The number of likely N-dealkylation sites (N-methyl/N-ethyl adjacent to an activating group) is 1. The lowest BCUT2D eigenvalue weighted by Crippen LogP contribution is -2.16. The third-order valence-electron chi connectivity index (χ3n) is 3.79. The minimum atomic E-state index is -2.26. The Morgan fingerprint density at radius 3 is 2.26 bits per heavy atom. The van der Waals surface area contributed by atoms with E-state index in [4.69, 9.17) is 31.9 Å². The molecule has 2 aromatic rings. The van der Waals surface area contributed by atoms with Crippen LogP contribution in [-0.4, -0.2) is 60.0 Å². The molecule has 0 saturated carbocycles. The van der Waals surface area contributed by atoms with Crippen LogP contribution in [0.1, 0.15) is 31.6 Å². The maximum atomic E-state index is 9.83. The molecule has 2 atom stereocenters. The molecule has 2 unspecified atom stereocenters. The molecule has 0 aromatic heterocycles. The second-order valence-electron chi connectivity index (χ2n) is 5.97. The van der Waals surface area contributed by atoms with E-state index in [1.807, 2.05) is 24.3 Å². The lowest BCUT2D eigenvalue weighted by molar-refractivity contribution is 0.0507. The van der Waals surface area contributed by atoms with E-state index in [1.54, 1.807) is 31.4 Å². The summed E-state index contributed by atoms with van der Waals surface area (Å²) in [5.74, 6) is 1.39. The summed E-state index contributed by atoms with van der Waals surface area (Å²) in [6.07, 6.45) is -0.623. The highest BCUT2D eigenvalue weighted by Gasteiger charge is 2.24. The summed E-state index contributed by atoms with van der Waals surface area (Å²) < 4.78 is 64.4. The van der Waals surface area contributed by atoms with Gasteiger partial charge < -0.3 is 39.8 Å². The molecular formula is C22H35ClN2O6.